The molecule has 0 saturated carbocycles. The van der Waals surface area contributed by atoms with E-state index in [2.05, 4.69) is 56.6 Å². The molecule has 2 amide bonds. The van der Waals surface area contributed by atoms with Gasteiger partial charge in [-0.05, 0) is 6.92 Å². The molecule has 1 aliphatic rings. The number of ether oxygens (including phenoxy) is 1. The van der Waals surface area contributed by atoms with Gasteiger partial charge in [0.15, 0.2) is 24.0 Å². The number of imidazole rings is 1. The van der Waals surface area contributed by atoms with Crippen molar-refractivity contribution in [3.63, 3.8) is 0 Å². The molecule has 13 N–H and O–H groups in total. The largest absolute Gasteiger partial charge is 0.505 e. The van der Waals surface area contributed by atoms with Crippen LogP contribution in [0.3, 0.4) is 0 Å². The van der Waals surface area contributed by atoms with Crippen LogP contribution in [-0.4, -0.2) is 144 Å². The Morgan fingerprint density at radius 3 is 2.27 bits per heavy atom. The standard InChI is InChI=1S/C21H36N7O16P3S.C8H10NO6P/c1-21(2,16(31)19(32)24-4-3-12(29)23-5-6-48)8-41-47(38,39)44-46(36,37)40-7-11-15(43-45(33,34)35)14(30)20(42-11)28-10-27-13-17(22)25-9-26-18(13)28;1-5-8(11)7(3-10)6(2-9-5)4-15-16(12,13)14/h9-11,14-16,20,30-31,48H,3-8H2,1-2H3,(H,23,29)(H,24,32)(H,36,37)(H,38,39)(H2,22,25,26)(H2,33,34,35);2-3,11H,4H2,1H3,(H2,12,13,14)/t11-,14-,15-,16+,20-;/m1./s1. The van der Waals surface area contributed by atoms with Gasteiger partial charge in [-0.15, -0.1) is 0 Å². The highest BCUT2D eigenvalue weighted by Gasteiger charge is 2.50. The molecule has 3 aromatic rings. The van der Waals surface area contributed by atoms with Crippen molar-refractivity contribution < 1.29 is 104 Å². The summed E-state index contributed by atoms with van der Waals surface area (Å²) < 4.78 is 76.4. The molecule has 0 radical (unpaired) electrons. The van der Waals surface area contributed by atoms with Gasteiger partial charge in [-0.2, -0.15) is 16.9 Å². The number of phosphoric ester groups is 4. The Morgan fingerprint density at radius 1 is 1.00 bits per heavy atom. The van der Waals surface area contributed by atoms with Crippen molar-refractivity contribution in [3.8, 4) is 5.75 Å². The van der Waals surface area contributed by atoms with Crippen molar-refractivity contribution in [3.05, 3.63) is 35.7 Å². The number of amides is 2. The summed E-state index contributed by atoms with van der Waals surface area (Å²) in [5.41, 5.74) is 4.58. The van der Waals surface area contributed by atoms with E-state index < -0.39 is 93.1 Å². The number of carbonyl (C=O) groups is 3. The first-order valence-corrected chi connectivity index (χ1v) is 24.5. The molecule has 1 aliphatic heterocycles. The van der Waals surface area contributed by atoms with Crippen LogP contribution in [0, 0.1) is 12.3 Å². The predicted molar refractivity (Wildman–Crippen MR) is 216 cm³/mol. The van der Waals surface area contributed by atoms with Gasteiger partial charge >= 0.3 is 31.3 Å². The number of aromatic hydroxyl groups is 1. The molecular formula is C29H46N8O22P4S. The van der Waals surface area contributed by atoms with Gasteiger partial charge < -0.3 is 65.8 Å². The van der Waals surface area contributed by atoms with Crippen molar-refractivity contribution in [2.75, 3.05) is 37.8 Å². The van der Waals surface area contributed by atoms with E-state index >= 15 is 0 Å². The van der Waals surface area contributed by atoms with Crippen molar-refractivity contribution in [2.45, 2.75) is 64.4 Å². The van der Waals surface area contributed by atoms with E-state index in [-0.39, 0.29) is 58.4 Å². The number of aldehydes is 1. The summed E-state index contributed by atoms with van der Waals surface area (Å²) in [5, 5.41) is 35.6. The second-order valence-corrected chi connectivity index (χ2v) is 19.7. The Morgan fingerprint density at radius 2 is 1.66 bits per heavy atom. The molecule has 35 heteroatoms. The summed E-state index contributed by atoms with van der Waals surface area (Å²) in [4.78, 5) is 106. The number of aliphatic hydroxyl groups is 2. The maximum atomic E-state index is 12.6. The number of aromatic nitrogens is 5. The van der Waals surface area contributed by atoms with Crippen LogP contribution < -0.4 is 16.4 Å². The Labute approximate surface area is 367 Å². The molecule has 1 saturated heterocycles. The zero-order valence-corrected chi connectivity index (χ0v) is 38.0. The fourth-order valence-corrected chi connectivity index (χ4v) is 8.44. The van der Waals surface area contributed by atoms with Crippen molar-refractivity contribution in [2.24, 2.45) is 5.41 Å². The van der Waals surface area contributed by atoms with E-state index in [1.165, 1.54) is 27.0 Å². The van der Waals surface area contributed by atoms with Crippen LogP contribution in [0.2, 0.25) is 0 Å². The molecule has 7 atom stereocenters. The summed E-state index contributed by atoms with van der Waals surface area (Å²) in [6.45, 7) is 1.72. The minimum absolute atomic E-state index is 0.0363. The molecule has 1 fully saturated rings. The van der Waals surface area contributed by atoms with E-state index in [9.17, 15) is 67.5 Å². The lowest BCUT2D eigenvalue weighted by atomic mass is 9.87. The molecule has 2 unspecified atom stereocenters. The van der Waals surface area contributed by atoms with Gasteiger partial charge in [0.1, 0.15) is 42.0 Å². The lowest BCUT2D eigenvalue weighted by molar-refractivity contribution is -0.137. The smallest absolute Gasteiger partial charge is 0.481 e. The zero-order chi connectivity index (χ0) is 48.4. The average Bonchev–Trinajstić information content (AvgIpc) is 3.75. The van der Waals surface area contributed by atoms with Crippen LogP contribution in [-0.2, 0) is 61.6 Å². The van der Waals surface area contributed by atoms with Gasteiger partial charge in [-0.25, -0.2) is 33.2 Å². The number of phosphoric acid groups is 4. The number of aryl methyl sites for hydroxylation is 1. The third-order valence-corrected chi connectivity index (χ3v) is 12.2. The number of aliphatic hydroxyl groups excluding tert-OH is 2. The van der Waals surface area contributed by atoms with Crippen molar-refractivity contribution in [1.82, 2.24) is 35.1 Å². The maximum Gasteiger partial charge on any atom is 0.481 e. The lowest BCUT2D eigenvalue weighted by Crippen LogP contribution is -2.46. The number of carbonyl (C=O) groups excluding carboxylic acids is 3. The molecule has 0 aromatic carbocycles. The van der Waals surface area contributed by atoms with Crippen LogP contribution in [0.15, 0.2) is 18.9 Å². The molecule has 0 bridgehead atoms. The van der Waals surface area contributed by atoms with Gasteiger partial charge in [0.05, 0.1) is 37.4 Å². The minimum Gasteiger partial charge on any atom is -0.505 e. The highest BCUT2D eigenvalue weighted by atomic mass is 32.1. The quantitative estimate of drug-likeness (QED) is 0.0321. The van der Waals surface area contributed by atoms with Crippen LogP contribution in [0.1, 0.15) is 48.1 Å². The van der Waals surface area contributed by atoms with Crippen LogP contribution in [0.25, 0.3) is 11.2 Å². The molecule has 4 heterocycles. The Hall–Kier alpha value is -3.38. The first-order chi connectivity index (χ1) is 29.5. The number of nitrogen functional groups attached to an aromatic ring is 1. The third-order valence-electron chi connectivity index (χ3n) is 8.38. The average molecular weight is 1010 g/mol. The number of anilines is 1. The summed E-state index contributed by atoms with van der Waals surface area (Å²) in [6.07, 6.45) is -5.15. The molecule has 360 valence electrons. The second kappa shape index (κ2) is 22.9. The molecule has 0 aliphatic carbocycles. The topological polar surface area (TPSA) is 464 Å². The highest BCUT2D eigenvalue weighted by Crippen LogP contribution is 2.61. The maximum absolute atomic E-state index is 12.6. The number of thiol groups is 1. The van der Waals surface area contributed by atoms with Gasteiger partial charge in [0.2, 0.25) is 11.8 Å². The van der Waals surface area contributed by atoms with Gasteiger partial charge in [-0.3, -0.25) is 42.0 Å². The van der Waals surface area contributed by atoms with Crippen molar-refractivity contribution in [1.29, 1.82) is 0 Å². The van der Waals surface area contributed by atoms with Gasteiger partial charge in [0.25, 0.3) is 0 Å². The first-order valence-electron chi connectivity index (χ1n) is 17.8. The van der Waals surface area contributed by atoms with Gasteiger partial charge in [0, 0.05) is 42.4 Å². The van der Waals surface area contributed by atoms with E-state index in [4.69, 9.17) is 29.3 Å². The molecule has 4 rings (SSSR count). The van der Waals surface area contributed by atoms with Crippen LogP contribution in [0.4, 0.5) is 5.82 Å². The lowest BCUT2D eigenvalue weighted by Gasteiger charge is -2.30. The molecule has 0 spiro atoms. The Kier molecular flexibility index (Phi) is 19.6. The fourth-order valence-electron chi connectivity index (χ4n) is 5.19. The number of nitrogens with two attached hydrogens (primary N) is 1. The normalized spacial score (nSPS) is 20.4. The summed E-state index contributed by atoms with van der Waals surface area (Å²) in [6, 6.07) is 0. The zero-order valence-electron chi connectivity index (χ0n) is 33.5. The summed E-state index contributed by atoms with van der Waals surface area (Å²) in [7, 11) is -20.9. The Balaban J connectivity index is 0.000000571. The number of pyridine rings is 1. The number of nitrogens with zero attached hydrogens (tertiary/aromatic N) is 5. The minimum atomic E-state index is -5.54. The first kappa shape index (κ1) is 55.0. The number of hydrogen-bond donors (Lipinski definition) is 13. The SMILES string of the molecule is CC(C)(COP(=O)(O)OP(=O)(O)OC[C@H]1O[C@@H](n2cnc3c(N)ncnc32)[C@H](O)[C@@H]1OP(=O)(O)O)[C@@H](O)C(=O)NCCC(=O)NCCS.Cc1ncc(COP(=O)(O)O)c(C=O)c1O. The van der Waals surface area contributed by atoms with E-state index in [0.717, 1.165) is 17.2 Å². The third kappa shape index (κ3) is 16.5. The Bertz CT molecular complexity index is 2310. The molecule has 64 heavy (non-hydrogen) atoms. The number of nitrogens with one attached hydrogen (secondary N) is 2. The second-order valence-electron chi connectivity index (χ2n) is 13.8. The van der Waals surface area contributed by atoms with Crippen LogP contribution in [0.5, 0.6) is 5.75 Å². The molecular weight excluding hydrogens is 968 g/mol. The monoisotopic (exact) mass is 1010 g/mol. The molecule has 30 nitrogen and oxygen atoms in total. The van der Waals surface area contributed by atoms with Crippen molar-refractivity contribution >= 4 is 79.0 Å². The van der Waals surface area contributed by atoms with Gasteiger partial charge in [-0.1, -0.05) is 13.8 Å². The number of rotatable bonds is 22. The number of fused-ring (bicyclic) bond motifs is 1. The molecule has 3 aromatic heterocycles. The highest BCUT2D eigenvalue weighted by molar-refractivity contribution is 7.80. The van der Waals surface area contributed by atoms with E-state index in [1.807, 2.05) is 0 Å². The summed E-state index contributed by atoms with van der Waals surface area (Å²) >= 11 is 3.95. The van der Waals surface area contributed by atoms with Crippen LogP contribution >= 0.6 is 43.9 Å². The van der Waals surface area contributed by atoms with E-state index in [1.54, 1.807) is 0 Å². The van der Waals surface area contributed by atoms with E-state index in [0.29, 0.717) is 18.6 Å². The number of hydrogen-bond acceptors (Lipinski definition) is 22. The fraction of sp³-hybridized carbons (Fsp3) is 0.552. The predicted octanol–water partition coefficient (Wildman–Crippen LogP) is -1.15. The summed E-state index contributed by atoms with van der Waals surface area (Å²) in [5.74, 6) is -1.26.